The molecule has 0 unspecified atom stereocenters. The summed E-state index contributed by atoms with van der Waals surface area (Å²) in [6.45, 7) is 4.26. The largest absolute Gasteiger partial charge is 0.338 e. The number of rotatable bonds is 4. The van der Waals surface area contributed by atoms with E-state index in [0.29, 0.717) is 17.9 Å². The van der Waals surface area contributed by atoms with Gasteiger partial charge < -0.3 is 10.2 Å². The number of nitrogens with one attached hydrogen (secondary N) is 1. The van der Waals surface area contributed by atoms with E-state index < -0.39 is 0 Å². The summed E-state index contributed by atoms with van der Waals surface area (Å²) in [5.74, 6) is 1.88. The first kappa shape index (κ1) is 13.9. The molecule has 3 atom stereocenters. The van der Waals surface area contributed by atoms with E-state index in [1.54, 1.807) is 0 Å². The minimum atomic E-state index is 0.409. The van der Waals surface area contributed by atoms with Gasteiger partial charge in [-0.05, 0) is 44.6 Å². The molecule has 2 aliphatic rings. The Bertz CT molecular complexity index is 280. The molecule has 1 N–H and O–H groups in total. The second-order valence-corrected chi connectivity index (χ2v) is 6.28. The monoisotopic (exact) mass is 252 g/mol. The van der Waals surface area contributed by atoms with Gasteiger partial charge in [0.15, 0.2) is 0 Å². The molecule has 18 heavy (non-hydrogen) atoms. The van der Waals surface area contributed by atoms with Crippen molar-refractivity contribution in [3.63, 3.8) is 0 Å². The van der Waals surface area contributed by atoms with Crippen LogP contribution >= 0.6 is 0 Å². The van der Waals surface area contributed by atoms with Crippen molar-refractivity contribution >= 4 is 5.91 Å². The standard InChI is InChI=1S/C15H28N2O/c1-12-5-3-6-13(9-12)10-15(18)17-8-4-7-14(17)11-16-2/h12-14,16H,3-11H2,1-2H3/t12-,13-,14-/m0/s1. The van der Waals surface area contributed by atoms with Crippen LogP contribution in [0, 0.1) is 11.8 Å². The molecule has 1 aliphatic carbocycles. The summed E-state index contributed by atoms with van der Waals surface area (Å²) >= 11 is 0. The van der Waals surface area contributed by atoms with Crippen LogP contribution in [0.5, 0.6) is 0 Å². The maximum atomic E-state index is 12.4. The van der Waals surface area contributed by atoms with E-state index in [2.05, 4.69) is 17.1 Å². The van der Waals surface area contributed by atoms with Crippen LogP contribution in [0.4, 0.5) is 0 Å². The fraction of sp³-hybridized carbons (Fsp3) is 0.933. The van der Waals surface area contributed by atoms with Gasteiger partial charge in [0.25, 0.3) is 0 Å². The zero-order valence-corrected chi connectivity index (χ0v) is 12.0. The number of hydrogen-bond donors (Lipinski definition) is 1. The Morgan fingerprint density at radius 3 is 2.83 bits per heavy atom. The van der Waals surface area contributed by atoms with Gasteiger partial charge >= 0.3 is 0 Å². The molecule has 1 saturated heterocycles. The van der Waals surface area contributed by atoms with E-state index in [0.717, 1.165) is 25.4 Å². The molecule has 1 amide bonds. The highest BCUT2D eigenvalue weighted by Crippen LogP contribution is 2.31. The van der Waals surface area contributed by atoms with Crippen molar-refractivity contribution in [2.45, 2.75) is 57.9 Å². The Labute approximate surface area is 111 Å². The van der Waals surface area contributed by atoms with Gasteiger partial charge in [-0.1, -0.05) is 19.8 Å². The predicted molar refractivity (Wildman–Crippen MR) is 74.4 cm³/mol. The van der Waals surface area contributed by atoms with Gasteiger partial charge in [0, 0.05) is 25.6 Å². The maximum absolute atomic E-state index is 12.4. The van der Waals surface area contributed by atoms with E-state index in [-0.39, 0.29) is 0 Å². The Kier molecular flexibility index (Phi) is 5.04. The SMILES string of the molecule is CNC[C@@H]1CCCN1C(=O)C[C@H]1CCC[C@H](C)C1. The number of likely N-dealkylation sites (N-methyl/N-ethyl adjacent to an activating group) is 1. The normalized spacial score (nSPS) is 32.8. The van der Waals surface area contributed by atoms with Gasteiger partial charge in [0.05, 0.1) is 0 Å². The summed E-state index contributed by atoms with van der Waals surface area (Å²) in [6, 6.07) is 0.448. The quantitative estimate of drug-likeness (QED) is 0.833. The predicted octanol–water partition coefficient (Wildman–Crippen LogP) is 2.41. The third-order valence-electron chi connectivity index (χ3n) is 4.65. The Hall–Kier alpha value is -0.570. The first-order chi connectivity index (χ1) is 8.70. The fourth-order valence-electron chi connectivity index (χ4n) is 3.72. The zero-order valence-electron chi connectivity index (χ0n) is 12.0. The highest BCUT2D eigenvalue weighted by Gasteiger charge is 2.30. The van der Waals surface area contributed by atoms with Crippen LogP contribution in [0.3, 0.4) is 0 Å². The van der Waals surface area contributed by atoms with Crippen LogP contribution in [0.2, 0.25) is 0 Å². The zero-order chi connectivity index (χ0) is 13.0. The third kappa shape index (κ3) is 3.47. The highest BCUT2D eigenvalue weighted by atomic mass is 16.2. The molecule has 0 aromatic rings. The average molecular weight is 252 g/mol. The number of carbonyl (C=O) groups is 1. The molecule has 0 aromatic heterocycles. The Morgan fingerprint density at radius 1 is 1.28 bits per heavy atom. The summed E-state index contributed by atoms with van der Waals surface area (Å²) < 4.78 is 0. The average Bonchev–Trinajstić information content (AvgIpc) is 2.78. The lowest BCUT2D eigenvalue weighted by atomic mass is 9.80. The van der Waals surface area contributed by atoms with Gasteiger partial charge in [-0.3, -0.25) is 4.79 Å². The van der Waals surface area contributed by atoms with Crippen LogP contribution < -0.4 is 5.32 Å². The summed E-state index contributed by atoms with van der Waals surface area (Å²) in [7, 11) is 1.98. The molecule has 0 aromatic carbocycles. The number of likely N-dealkylation sites (tertiary alicyclic amines) is 1. The third-order valence-corrected chi connectivity index (χ3v) is 4.65. The van der Waals surface area contributed by atoms with Crippen LogP contribution in [-0.4, -0.2) is 37.0 Å². The van der Waals surface area contributed by atoms with E-state index in [1.807, 2.05) is 7.05 Å². The van der Waals surface area contributed by atoms with Crippen molar-refractivity contribution in [1.29, 1.82) is 0 Å². The Morgan fingerprint density at radius 2 is 2.11 bits per heavy atom. The van der Waals surface area contributed by atoms with Crippen LogP contribution in [0.1, 0.15) is 51.9 Å². The lowest BCUT2D eigenvalue weighted by Gasteiger charge is -2.30. The molecule has 1 saturated carbocycles. The van der Waals surface area contributed by atoms with Crippen molar-refractivity contribution in [2.75, 3.05) is 20.1 Å². The molecular formula is C15H28N2O. The van der Waals surface area contributed by atoms with Crippen molar-refractivity contribution in [1.82, 2.24) is 10.2 Å². The summed E-state index contributed by atoms with van der Waals surface area (Å²) in [5, 5.41) is 3.21. The summed E-state index contributed by atoms with van der Waals surface area (Å²) in [5.41, 5.74) is 0. The maximum Gasteiger partial charge on any atom is 0.223 e. The minimum Gasteiger partial charge on any atom is -0.338 e. The molecule has 0 radical (unpaired) electrons. The fourth-order valence-corrected chi connectivity index (χ4v) is 3.72. The van der Waals surface area contributed by atoms with Gasteiger partial charge in [0.1, 0.15) is 0 Å². The van der Waals surface area contributed by atoms with E-state index in [1.165, 1.54) is 38.5 Å². The van der Waals surface area contributed by atoms with Gasteiger partial charge in [0.2, 0.25) is 5.91 Å². The van der Waals surface area contributed by atoms with Crippen LogP contribution in [-0.2, 0) is 4.79 Å². The molecule has 1 heterocycles. The number of nitrogens with zero attached hydrogens (tertiary/aromatic N) is 1. The first-order valence-corrected chi connectivity index (χ1v) is 7.64. The van der Waals surface area contributed by atoms with Gasteiger partial charge in [-0.2, -0.15) is 0 Å². The van der Waals surface area contributed by atoms with Crippen molar-refractivity contribution in [3.05, 3.63) is 0 Å². The Balaban J connectivity index is 1.83. The molecule has 0 bridgehead atoms. The van der Waals surface area contributed by atoms with Crippen molar-refractivity contribution in [2.24, 2.45) is 11.8 Å². The molecule has 3 nitrogen and oxygen atoms in total. The molecule has 0 spiro atoms. The molecule has 1 aliphatic heterocycles. The number of amides is 1. The molecule has 3 heteroatoms. The number of hydrogen-bond acceptors (Lipinski definition) is 2. The summed E-state index contributed by atoms with van der Waals surface area (Å²) in [6.07, 6.45) is 8.35. The summed E-state index contributed by atoms with van der Waals surface area (Å²) in [4.78, 5) is 14.5. The molecule has 104 valence electrons. The molecule has 2 rings (SSSR count). The highest BCUT2D eigenvalue weighted by molar-refractivity contribution is 5.77. The van der Waals surface area contributed by atoms with Crippen molar-refractivity contribution in [3.8, 4) is 0 Å². The smallest absolute Gasteiger partial charge is 0.223 e. The number of carbonyl (C=O) groups excluding carboxylic acids is 1. The topological polar surface area (TPSA) is 32.3 Å². The second-order valence-electron chi connectivity index (χ2n) is 6.28. The second kappa shape index (κ2) is 6.55. The van der Waals surface area contributed by atoms with Crippen molar-refractivity contribution < 1.29 is 4.79 Å². The van der Waals surface area contributed by atoms with Gasteiger partial charge in [-0.25, -0.2) is 0 Å². The van der Waals surface area contributed by atoms with E-state index in [9.17, 15) is 4.79 Å². The molecular weight excluding hydrogens is 224 g/mol. The lowest BCUT2D eigenvalue weighted by Crippen LogP contribution is -2.41. The van der Waals surface area contributed by atoms with Crippen LogP contribution in [0.25, 0.3) is 0 Å². The molecule has 2 fully saturated rings. The van der Waals surface area contributed by atoms with Gasteiger partial charge in [-0.15, -0.1) is 0 Å². The van der Waals surface area contributed by atoms with E-state index in [4.69, 9.17) is 0 Å². The first-order valence-electron chi connectivity index (χ1n) is 7.64. The minimum absolute atomic E-state index is 0.409. The van der Waals surface area contributed by atoms with E-state index >= 15 is 0 Å². The lowest BCUT2D eigenvalue weighted by molar-refractivity contribution is -0.133. The van der Waals surface area contributed by atoms with Crippen LogP contribution in [0.15, 0.2) is 0 Å².